The second-order valence-electron chi connectivity index (χ2n) is 6.30. The summed E-state index contributed by atoms with van der Waals surface area (Å²) in [6.45, 7) is -0.0671. The van der Waals surface area contributed by atoms with E-state index in [0.717, 1.165) is 18.2 Å². The van der Waals surface area contributed by atoms with Gasteiger partial charge in [0.1, 0.15) is 11.9 Å². The smallest absolute Gasteiger partial charge is 0.384 e. The van der Waals surface area contributed by atoms with E-state index in [1.54, 1.807) is 0 Å². The van der Waals surface area contributed by atoms with Gasteiger partial charge in [-0.3, -0.25) is 0 Å². The SMILES string of the molecule is OC(CCCN(Cc1cccc(C(F)(F)F)c1)c1cccc(F)c1)C(F)(F)F. The average Bonchev–Trinajstić information content (AvgIpc) is 2.59. The highest BCUT2D eigenvalue weighted by Gasteiger charge is 2.37. The number of hydrogen-bond donors (Lipinski definition) is 1. The molecule has 0 aliphatic carbocycles. The number of aliphatic hydroxyl groups excluding tert-OH is 1. The topological polar surface area (TPSA) is 23.5 Å². The van der Waals surface area contributed by atoms with Gasteiger partial charge in [-0.1, -0.05) is 18.2 Å². The van der Waals surface area contributed by atoms with Crippen molar-refractivity contribution in [2.45, 2.75) is 37.8 Å². The van der Waals surface area contributed by atoms with E-state index in [0.29, 0.717) is 5.69 Å². The monoisotopic (exact) mass is 409 g/mol. The molecule has 0 spiro atoms. The van der Waals surface area contributed by atoms with Crippen molar-refractivity contribution in [1.82, 2.24) is 0 Å². The van der Waals surface area contributed by atoms with Crippen LogP contribution in [0.15, 0.2) is 48.5 Å². The van der Waals surface area contributed by atoms with Gasteiger partial charge in [0.05, 0.1) is 5.56 Å². The highest BCUT2D eigenvalue weighted by Crippen LogP contribution is 2.30. The minimum atomic E-state index is -4.75. The van der Waals surface area contributed by atoms with E-state index in [-0.39, 0.29) is 25.1 Å². The number of anilines is 1. The molecule has 0 amide bonds. The van der Waals surface area contributed by atoms with Gasteiger partial charge in [0, 0.05) is 18.8 Å². The summed E-state index contributed by atoms with van der Waals surface area (Å²) < 4.78 is 89.5. The highest BCUT2D eigenvalue weighted by atomic mass is 19.4. The van der Waals surface area contributed by atoms with Gasteiger partial charge in [-0.05, 0) is 48.7 Å². The number of hydrogen-bond acceptors (Lipinski definition) is 2. The average molecular weight is 409 g/mol. The first-order valence-electron chi connectivity index (χ1n) is 8.38. The fraction of sp³-hybridized carbons (Fsp3) is 0.368. The minimum Gasteiger partial charge on any atom is -0.384 e. The van der Waals surface area contributed by atoms with Crippen LogP contribution in [0.5, 0.6) is 0 Å². The molecule has 2 aromatic carbocycles. The lowest BCUT2D eigenvalue weighted by molar-refractivity contribution is -0.205. The molecule has 0 radical (unpaired) electrons. The molecule has 154 valence electrons. The molecule has 1 unspecified atom stereocenters. The molecule has 0 bridgehead atoms. The summed E-state index contributed by atoms with van der Waals surface area (Å²) in [6, 6.07) is 9.77. The molecule has 0 saturated heterocycles. The Morgan fingerprint density at radius 1 is 0.929 bits per heavy atom. The molecule has 0 aliphatic heterocycles. The zero-order chi connectivity index (χ0) is 20.9. The van der Waals surface area contributed by atoms with Crippen molar-refractivity contribution in [1.29, 1.82) is 0 Å². The summed E-state index contributed by atoms with van der Waals surface area (Å²) in [4.78, 5) is 1.47. The molecule has 0 saturated carbocycles. The molecule has 0 heterocycles. The van der Waals surface area contributed by atoms with Gasteiger partial charge in [-0.15, -0.1) is 0 Å². The predicted octanol–water partition coefficient (Wildman–Crippen LogP) is 5.55. The van der Waals surface area contributed by atoms with Crippen molar-refractivity contribution < 1.29 is 35.8 Å². The Morgan fingerprint density at radius 2 is 1.61 bits per heavy atom. The molecule has 2 rings (SSSR count). The maximum absolute atomic E-state index is 13.5. The number of benzene rings is 2. The van der Waals surface area contributed by atoms with E-state index < -0.39 is 36.3 Å². The van der Waals surface area contributed by atoms with Crippen LogP contribution in [0.1, 0.15) is 24.0 Å². The molecule has 28 heavy (non-hydrogen) atoms. The number of rotatable bonds is 7. The molecule has 0 fully saturated rings. The molecule has 1 N–H and O–H groups in total. The van der Waals surface area contributed by atoms with Gasteiger partial charge >= 0.3 is 12.4 Å². The van der Waals surface area contributed by atoms with Crippen molar-refractivity contribution in [3.05, 3.63) is 65.5 Å². The van der Waals surface area contributed by atoms with Crippen LogP contribution in [0.25, 0.3) is 0 Å². The lowest BCUT2D eigenvalue weighted by atomic mass is 10.1. The molecule has 9 heteroatoms. The number of nitrogens with zero attached hydrogens (tertiary/aromatic N) is 1. The largest absolute Gasteiger partial charge is 0.416 e. The maximum atomic E-state index is 13.5. The van der Waals surface area contributed by atoms with E-state index in [4.69, 9.17) is 5.11 Å². The second kappa shape index (κ2) is 8.81. The number of aliphatic hydroxyl groups is 1. The van der Waals surface area contributed by atoms with Crippen LogP contribution in [0.3, 0.4) is 0 Å². The standard InChI is InChI=1S/C19H18F7NO/c20-15-6-2-7-16(11-15)27(9-3-8-17(28)19(24,25)26)12-13-4-1-5-14(10-13)18(21,22)23/h1-2,4-7,10-11,17,28H,3,8-9,12H2. The fourth-order valence-electron chi connectivity index (χ4n) is 2.68. The minimum absolute atomic E-state index is 0.00710. The Bertz CT molecular complexity index is 773. The maximum Gasteiger partial charge on any atom is 0.416 e. The Hall–Kier alpha value is -2.29. The quantitative estimate of drug-likeness (QED) is 0.606. The molecule has 0 aliphatic rings. The van der Waals surface area contributed by atoms with E-state index in [9.17, 15) is 30.7 Å². The van der Waals surface area contributed by atoms with Gasteiger partial charge in [-0.2, -0.15) is 26.3 Å². The number of alkyl halides is 6. The van der Waals surface area contributed by atoms with Crippen molar-refractivity contribution in [3.8, 4) is 0 Å². The highest BCUT2D eigenvalue weighted by molar-refractivity contribution is 5.47. The van der Waals surface area contributed by atoms with E-state index in [1.165, 1.54) is 35.2 Å². The Kier molecular flexibility index (Phi) is 6.92. The normalized spacial score (nSPS) is 13.4. The summed E-state index contributed by atoms with van der Waals surface area (Å²) in [6.07, 6.45) is -12.4. The summed E-state index contributed by atoms with van der Waals surface area (Å²) in [7, 11) is 0. The van der Waals surface area contributed by atoms with Crippen molar-refractivity contribution in [3.63, 3.8) is 0 Å². The van der Waals surface area contributed by atoms with Gasteiger partial charge in [0.2, 0.25) is 0 Å². The zero-order valence-electron chi connectivity index (χ0n) is 14.6. The van der Waals surface area contributed by atoms with E-state index in [1.807, 2.05) is 0 Å². The first-order valence-corrected chi connectivity index (χ1v) is 8.38. The Labute approximate surface area is 157 Å². The van der Waals surface area contributed by atoms with Gasteiger partial charge in [0.15, 0.2) is 0 Å². The molecule has 2 nitrogen and oxygen atoms in total. The van der Waals surface area contributed by atoms with Crippen LogP contribution < -0.4 is 4.90 Å². The second-order valence-corrected chi connectivity index (χ2v) is 6.30. The zero-order valence-corrected chi connectivity index (χ0v) is 14.6. The summed E-state index contributed by atoms with van der Waals surface area (Å²) in [5.74, 6) is -0.582. The number of halogens is 7. The third kappa shape index (κ3) is 6.40. The summed E-state index contributed by atoms with van der Waals surface area (Å²) in [5.41, 5.74) is -0.258. The van der Waals surface area contributed by atoms with Gasteiger partial charge < -0.3 is 10.0 Å². The van der Waals surface area contributed by atoms with Crippen LogP contribution in [0.2, 0.25) is 0 Å². The van der Waals surface area contributed by atoms with Crippen LogP contribution in [0.4, 0.5) is 36.4 Å². The van der Waals surface area contributed by atoms with Crippen LogP contribution in [-0.4, -0.2) is 23.9 Å². The van der Waals surface area contributed by atoms with Gasteiger partial charge in [-0.25, -0.2) is 4.39 Å². The van der Waals surface area contributed by atoms with Crippen molar-refractivity contribution in [2.75, 3.05) is 11.4 Å². The van der Waals surface area contributed by atoms with Crippen molar-refractivity contribution >= 4 is 5.69 Å². The lowest BCUT2D eigenvalue weighted by Crippen LogP contribution is -2.30. The third-order valence-electron chi connectivity index (χ3n) is 4.08. The molecular formula is C19H18F7NO. The molecule has 0 aromatic heterocycles. The molecule has 1 atom stereocenters. The van der Waals surface area contributed by atoms with E-state index in [2.05, 4.69) is 0 Å². The predicted molar refractivity (Wildman–Crippen MR) is 90.2 cm³/mol. The third-order valence-corrected chi connectivity index (χ3v) is 4.08. The lowest BCUT2D eigenvalue weighted by Gasteiger charge is -2.26. The van der Waals surface area contributed by atoms with Crippen molar-refractivity contribution in [2.24, 2.45) is 0 Å². The van der Waals surface area contributed by atoms with Crippen LogP contribution in [0, 0.1) is 5.82 Å². The molecular weight excluding hydrogens is 391 g/mol. The van der Waals surface area contributed by atoms with Crippen LogP contribution in [-0.2, 0) is 12.7 Å². The fourth-order valence-corrected chi connectivity index (χ4v) is 2.68. The first kappa shape index (κ1) is 22.0. The van der Waals surface area contributed by atoms with Gasteiger partial charge in [0.25, 0.3) is 0 Å². The van der Waals surface area contributed by atoms with E-state index >= 15 is 0 Å². The Balaban J connectivity index is 2.17. The Morgan fingerprint density at radius 3 is 2.21 bits per heavy atom. The van der Waals surface area contributed by atoms with Crippen LogP contribution >= 0.6 is 0 Å². The molecule has 2 aromatic rings. The summed E-state index contributed by atoms with van der Waals surface area (Å²) in [5, 5.41) is 9.10. The summed E-state index contributed by atoms with van der Waals surface area (Å²) >= 11 is 0. The first-order chi connectivity index (χ1) is 13.0.